The zero-order valence-electron chi connectivity index (χ0n) is 19.9. The summed E-state index contributed by atoms with van der Waals surface area (Å²) in [6.45, 7) is 2.95. The molecule has 3 unspecified atom stereocenters. The monoisotopic (exact) mass is 492 g/mol. The molecule has 2 saturated carbocycles. The lowest BCUT2D eigenvalue weighted by Crippen LogP contribution is -2.30. The summed E-state index contributed by atoms with van der Waals surface area (Å²) in [7, 11) is 0. The maximum absolute atomic E-state index is 13.7. The van der Waals surface area contributed by atoms with Crippen LogP contribution < -0.4 is 4.90 Å². The molecule has 0 radical (unpaired) electrons. The summed E-state index contributed by atoms with van der Waals surface area (Å²) >= 11 is 1.78. The number of hydrogen-bond donors (Lipinski definition) is 1. The first-order valence-electron chi connectivity index (χ1n) is 12.9. The first kappa shape index (κ1) is 22.8. The Balaban J connectivity index is 1.21. The van der Waals surface area contributed by atoms with Gasteiger partial charge in [0.05, 0.1) is 11.5 Å². The molecule has 0 bridgehead atoms. The van der Waals surface area contributed by atoms with Gasteiger partial charge >= 0.3 is 5.97 Å². The van der Waals surface area contributed by atoms with Gasteiger partial charge in [-0.2, -0.15) is 0 Å². The lowest BCUT2D eigenvalue weighted by molar-refractivity contribution is -0.139. The van der Waals surface area contributed by atoms with Crippen LogP contribution >= 0.6 is 11.8 Å². The van der Waals surface area contributed by atoms with E-state index in [0.717, 1.165) is 36.9 Å². The highest BCUT2D eigenvalue weighted by atomic mass is 32.2. The zero-order valence-corrected chi connectivity index (χ0v) is 20.7. The van der Waals surface area contributed by atoms with E-state index in [-0.39, 0.29) is 23.7 Å². The van der Waals surface area contributed by atoms with E-state index in [1.807, 2.05) is 29.3 Å². The fourth-order valence-electron chi connectivity index (χ4n) is 6.28. The van der Waals surface area contributed by atoms with E-state index < -0.39 is 5.97 Å². The number of nitrogens with zero attached hydrogens (tertiary/aromatic N) is 4. The van der Waals surface area contributed by atoms with Gasteiger partial charge in [0.25, 0.3) is 5.91 Å². The largest absolute Gasteiger partial charge is 0.481 e. The number of likely N-dealkylation sites (tertiary alicyclic amines) is 1. The number of thioether (sulfide) groups is 1. The number of amides is 1. The fourth-order valence-corrected chi connectivity index (χ4v) is 7.60. The Hall–Kier alpha value is -2.61. The molecule has 8 heteroatoms. The number of carbonyl (C=O) groups excluding carboxylic acids is 1. The third kappa shape index (κ3) is 4.53. The van der Waals surface area contributed by atoms with Gasteiger partial charge < -0.3 is 14.9 Å². The number of piperidine rings is 1. The summed E-state index contributed by atoms with van der Waals surface area (Å²) in [5.74, 6) is 0.893. The first-order chi connectivity index (χ1) is 17.1. The third-order valence-electron chi connectivity index (χ3n) is 8.34. The molecule has 0 spiro atoms. The smallest absolute Gasteiger partial charge is 0.307 e. The molecular weight excluding hydrogens is 460 g/mol. The van der Waals surface area contributed by atoms with Crippen LogP contribution in [0.4, 0.5) is 5.82 Å². The summed E-state index contributed by atoms with van der Waals surface area (Å²) in [5, 5.41) is 10.7. The van der Waals surface area contributed by atoms with Crippen molar-refractivity contribution in [3.63, 3.8) is 0 Å². The third-order valence-corrected chi connectivity index (χ3v) is 9.68. The van der Waals surface area contributed by atoms with Gasteiger partial charge in [-0.3, -0.25) is 14.6 Å². The number of anilines is 1. The number of carboxylic acid groups (broad SMARTS) is 1. The Morgan fingerprint density at radius 2 is 1.80 bits per heavy atom. The van der Waals surface area contributed by atoms with Crippen LogP contribution in [0.1, 0.15) is 60.4 Å². The lowest BCUT2D eigenvalue weighted by atomic mass is 10.0. The van der Waals surface area contributed by atoms with Gasteiger partial charge in [-0.25, -0.2) is 4.98 Å². The van der Waals surface area contributed by atoms with Crippen LogP contribution in [0.25, 0.3) is 0 Å². The first-order valence-corrected chi connectivity index (χ1v) is 13.8. The van der Waals surface area contributed by atoms with Crippen molar-refractivity contribution in [3.05, 3.63) is 47.8 Å². The van der Waals surface area contributed by atoms with Crippen molar-refractivity contribution >= 4 is 29.5 Å². The molecule has 4 heterocycles. The lowest BCUT2D eigenvalue weighted by Gasteiger charge is -2.25. The van der Waals surface area contributed by atoms with Gasteiger partial charge in [0.2, 0.25) is 0 Å². The molecule has 4 atom stereocenters. The number of aliphatic carboxylic acids is 1. The summed E-state index contributed by atoms with van der Waals surface area (Å²) in [4.78, 5) is 38.5. The van der Waals surface area contributed by atoms with E-state index in [0.29, 0.717) is 23.3 Å². The number of hydrogen-bond acceptors (Lipinski definition) is 6. The molecule has 184 valence electrons. The molecule has 0 aromatic carbocycles. The predicted octanol–water partition coefficient (Wildman–Crippen LogP) is 4.30. The molecule has 7 nitrogen and oxygen atoms in total. The Morgan fingerprint density at radius 3 is 2.51 bits per heavy atom. The molecular formula is C27H32N4O3S. The highest BCUT2D eigenvalue weighted by molar-refractivity contribution is 7.99. The molecule has 1 amide bonds. The molecule has 4 fully saturated rings. The van der Waals surface area contributed by atoms with Crippen LogP contribution in [0, 0.1) is 17.8 Å². The van der Waals surface area contributed by atoms with Crippen LogP contribution in [0.3, 0.4) is 0 Å². The number of rotatable bonds is 6. The SMILES string of the molecule is O=C(O)C1C2CN(c3ccc(C(=O)N4CCC(c5cccnc5)C4)c(SC4CCCCC4)n3)C[C@@H]21. The van der Waals surface area contributed by atoms with Crippen molar-refractivity contribution in [1.29, 1.82) is 0 Å². The van der Waals surface area contributed by atoms with E-state index in [4.69, 9.17) is 4.98 Å². The van der Waals surface area contributed by atoms with Gasteiger partial charge in [-0.1, -0.05) is 25.3 Å². The number of fused-ring (bicyclic) bond motifs is 1. The quantitative estimate of drug-likeness (QED) is 0.643. The second kappa shape index (κ2) is 9.45. The predicted molar refractivity (Wildman–Crippen MR) is 135 cm³/mol. The topological polar surface area (TPSA) is 86.6 Å². The minimum Gasteiger partial charge on any atom is -0.481 e. The van der Waals surface area contributed by atoms with Crippen LogP contribution in [0.15, 0.2) is 41.7 Å². The molecule has 2 aromatic heterocycles. The number of carboxylic acids is 1. The fraction of sp³-hybridized carbons (Fsp3) is 0.556. The number of pyridine rings is 2. The van der Waals surface area contributed by atoms with Crippen molar-refractivity contribution in [1.82, 2.24) is 14.9 Å². The van der Waals surface area contributed by atoms with E-state index >= 15 is 0 Å². The van der Waals surface area contributed by atoms with Crippen LogP contribution in [0.2, 0.25) is 0 Å². The average Bonchev–Trinajstić information content (AvgIpc) is 3.21. The van der Waals surface area contributed by atoms with E-state index in [2.05, 4.69) is 16.0 Å². The maximum atomic E-state index is 13.7. The molecule has 2 aliphatic carbocycles. The highest BCUT2D eigenvalue weighted by Gasteiger charge is 2.60. The normalized spacial score (nSPS) is 28.2. The molecule has 2 saturated heterocycles. The van der Waals surface area contributed by atoms with Crippen molar-refractivity contribution in [2.75, 3.05) is 31.1 Å². The van der Waals surface area contributed by atoms with Crippen molar-refractivity contribution in [2.24, 2.45) is 17.8 Å². The van der Waals surface area contributed by atoms with Crippen molar-refractivity contribution in [3.8, 4) is 0 Å². The number of carbonyl (C=O) groups is 2. The number of aromatic nitrogens is 2. The van der Waals surface area contributed by atoms with E-state index in [1.165, 1.54) is 37.7 Å². The van der Waals surface area contributed by atoms with Gasteiger partial charge in [-0.15, -0.1) is 11.8 Å². The molecule has 4 aliphatic rings. The summed E-state index contributed by atoms with van der Waals surface area (Å²) in [6, 6.07) is 7.99. The van der Waals surface area contributed by atoms with Crippen LogP contribution in [-0.2, 0) is 4.79 Å². The zero-order chi connectivity index (χ0) is 23.9. The van der Waals surface area contributed by atoms with E-state index in [9.17, 15) is 14.7 Å². The van der Waals surface area contributed by atoms with Gasteiger partial charge in [0, 0.05) is 49.7 Å². The van der Waals surface area contributed by atoms with Gasteiger partial charge in [-0.05, 0) is 54.9 Å². The second-order valence-electron chi connectivity index (χ2n) is 10.5. The standard InChI is InChI=1S/C27H32N4O3S/c32-26(30-12-10-18(14-30)17-5-4-11-28-13-17)20-8-9-23(29-25(20)35-19-6-2-1-3-7-19)31-15-21-22(16-31)24(21)27(33)34/h4-5,8-9,11,13,18-19,21-22,24H,1-3,6-7,10,12,14-16H2,(H,33,34)/t18?,21-,22?,24?/m0/s1. The Bertz CT molecular complexity index is 1090. The summed E-state index contributed by atoms with van der Waals surface area (Å²) < 4.78 is 0. The Labute approximate surface area is 210 Å². The summed E-state index contributed by atoms with van der Waals surface area (Å²) in [5.41, 5.74) is 1.91. The van der Waals surface area contributed by atoms with E-state index in [1.54, 1.807) is 18.0 Å². The minimum absolute atomic E-state index is 0.0731. The van der Waals surface area contributed by atoms with Crippen LogP contribution in [0.5, 0.6) is 0 Å². The molecule has 1 N–H and O–H groups in total. The molecule has 2 aromatic rings. The molecule has 2 aliphatic heterocycles. The summed E-state index contributed by atoms with van der Waals surface area (Å²) in [6.07, 6.45) is 10.8. The van der Waals surface area contributed by atoms with Crippen molar-refractivity contribution in [2.45, 2.75) is 54.7 Å². The molecule has 6 rings (SSSR count). The Morgan fingerprint density at radius 1 is 1.00 bits per heavy atom. The van der Waals surface area contributed by atoms with Crippen LogP contribution in [-0.4, -0.2) is 63.3 Å². The maximum Gasteiger partial charge on any atom is 0.307 e. The minimum atomic E-state index is -0.669. The van der Waals surface area contributed by atoms with Gasteiger partial charge in [0.1, 0.15) is 10.8 Å². The molecule has 35 heavy (non-hydrogen) atoms. The second-order valence-corrected chi connectivity index (χ2v) is 11.8. The van der Waals surface area contributed by atoms with Gasteiger partial charge in [0.15, 0.2) is 0 Å². The Kier molecular flexibility index (Phi) is 6.16. The average molecular weight is 493 g/mol. The highest BCUT2D eigenvalue weighted by Crippen LogP contribution is 2.52. The van der Waals surface area contributed by atoms with Crippen molar-refractivity contribution < 1.29 is 14.7 Å².